The van der Waals surface area contributed by atoms with Crippen molar-refractivity contribution in [1.29, 1.82) is 0 Å². The van der Waals surface area contributed by atoms with Crippen LogP contribution < -0.4 is 5.32 Å². The van der Waals surface area contributed by atoms with Gasteiger partial charge in [-0.15, -0.1) is 0 Å². The Balaban J connectivity index is 1.81. The van der Waals surface area contributed by atoms with Crippen molar-refractivity contribution in [3.8, 4) is 11.3 Å². The smallest absolute Gasteiger partial charge is 0.251 e. The van der Waals surface area contributed by atoms with Crippen molar-refractivity contribution in [2.75, 3.05) is 0 Å². The molecule has 0 radical (unpaired) electrons. The van der Waals surface area contributed by atoms with Gasteiger partial charge < -0.3 is 5.32 Å². The Hall–Kier alpha value is -2.95. The number of amides is 1. The Morgan fingerprint density at radius 3 is 2.72 bits per heavy atom. The van der Waals surface area contributed by atoms with Gasteiger partial charge in [0.1, 0.15) is 0 Å². The highest BCUT2D eigenvalue weighted by molar-refractivity contribution is 5.95. The van der Waals surface area contributed by atoms with Crippen LogP contribution in [-0.2, 0) is 7.05 Å². The quantitative estimate of drug-likeness (QED) is 0.774. The molecule has 5 nitrogen and oxygen atoms in total. The van der Waals surface area contributed by atoms with E-state index >= 15 is 0 Å². The maximum atomic E-state index is 12.7. The lowest BCUT2D eigenvalue weighted by molar-refractivity contribution is 0.0934. The monoisotopic (exact) mass is 334 g/mol. The summed E-state index contributed by atoms with van der Waals surface area (Å²) in [5, 5.41) is 7.28. The highest BCUT2D eigenvalue weighted by Crippen LogP contribution is 2.20. The minimum atomic E-state index is -0.0954. The number of hydrogen-bond acceptors (Lipinski definition) is 3. The van der Waals surface area contributed by atoms with Gasteiger partial charge in [-0.2, -0.15) is 5.10 Å². The van der Waals surface area contributed by atoms with E-state index in [1.54, 1.807) is 10.9 Å². The molecule has 2 heterocycles. The number of hydrogen-bond donors (Lipinski definition) is 1. The molecule has 5 heteroatoms. The van der Waals surface area contributed by atoms with E-state index in [1.807, 2.05) is 69.6 Å². The van der Waals surface area contributed by atoms with E-state index < -0.39 is 0 Å². The zero-order chi connectivity index (χ0) is 17.8. The SMILES string of the molecule is CC[C@@H](NC(=O)c1cccc(-c2ccc(C)cn2)c1)c1ccnn1C. The Morgan fingerprint density at radius 2 is 2.08 bits per heavy atom. The molecule has 0 spiro atoms. The van der Waals surface area contributed by atoms with Crippen LogP contribution >= 0.6 is 0 Å². The molecule has 0 saturated heterocycles. The third-order valence-corrected chi connectivity index (χ3v) is 4.26. The van der Waals surface area contributed by atoms with Gasteiger partial charge in [0, 0.05) is 30.6 Å². The Morgan fingerprint density at radius 1 is 1.24 bits per heavy atom. The van der Waals surface area contributed by atoms with E-state index in [-0.39, 0.29) is 11.9 Å². The predicted molar refractivity (Wildman–Crippen MR) is 98.1 cm³/mol. The van der Waals surface area contributed by atoms with Gasteiger partial charge in [-0.25, -0.2) is 0 Å². The van der Waals surface area contributed by atoms with Crippen molar-refractivity contribution in [3.05, 3.63) is 71.7 Å². The van der Waals surface area contributed by atoms with Crippen LogP contribution in [0.25, 0.3) is 11.3 Å². The third kappa shape index (κ3) is 3.76. The topological polar surface area (TPSA) is 59.8 Å². The predicted octanol–water partition coefficient (Wildman–Crippen LogP) is 3.67. The van der Waals surface area contributed by atoms with Gasteiger partial charge in [-0.05, 0) is 43.2 Å². The molecule has 0 aliphatic carbocycles. The van der Waals surface area contributed by atoms with Gasteiger partial charge in [-0.3, -0.25) is 14.5 Å². The van der Waals surface area contributed by atoms with Crippen LogP contribution in [0.15, 0.2) is 54.9 Å². The molecular weight excluding hydrogens is 312 g/mol. The van der Waals surface area contributed by atoms with E-state index in [9.17, 15) is 4.79 Å². The first kappa shape index (κ1) is 16.9. The fourth-order valence-electron chi connectivity index (χ4n) is 2.81. The molecule has 0 saturated carbocycles. The molecule has 1 aromatic carbocycles. The lowest BCUT2D eigenvalue weighted by Crippen LogP contribution is -2.29. The third-order valence-electron chi connectivity index (χ3n) is 4.26. The summed E-state index contributed by atoms with van der Waals surface area (Å²) in [4.78, 5) is 17.1. The first-order chi connectivity index (χ1) is 12.1. The zero-order valence-corrected chi connectivity index (χ0v) is 14.7. The minimum absolute atomic E-state index is 0.0684. The standard InChI is InChI=1S/C20H22N4O/c1-4-17(19-10-11-22-24(19)3)23-20(25)16-7-5-6-15(12-16)18-9-8-14(2)13-21-18/h5-13,17H,4H2,1-3H3,(H,23,25)/t17-/m1/s1. The molecule has 1 amide bonds. The summed E-state index contributed by atoms with van der Waals surface area (Å²) in [5.74, 6) is -0.0954. The van der Waals surface area contributed by atoms with Gasteiger partial charge in [0.25, 0.3) is 5.91 Å². The molecule has 0 unspecified atom stereocenters. The summed E-state index contributed by atoms with van der Waals surface area (Å²) in [6.45, 7) is 4.05. The fourth-order valence-corrected chi connectivity index (χ4v) is 2.81. The summed E-state index contributed by atoms with van der Waals surface area (Å²) in [7, 11) is 1.88. The van der Waals surface area contributed by atoms with Gasteiger partial charge in [0.15, 0.2) is 0 Å². The highest BCUT2D eigenvalue weighted by Gasteiger charge is 2.17. The van der Waals surface area contributed by atoms with Crippen LogP contribution in [0.4, 0.5) is 0 Å². The normalized spacial score (nSPS) is 12.0. The molecular formula is C20H22N4O. The van der Waals surface area contributed by atoms with Gasteiger partial charge in [0.05, 0.1) is 17.4 Å². The Bertz CT molecular complexity index is 867. The molecule has 25 heavy (non-hydrogen) atoms. The Labute approximate surface area is 147 Å². The van der Waals surface area contributed by atoms with E-state index in [0.717, 1.165) is 28.9 Å². The number of carbonyl (C=O) groups is 1. The average Bonchev–Trinajstić information content (AvgIpc) is 3.06. The van der Waals surface area contributed by atoms with Crippen LogP contribution in [0.2, 0.25) is 0 Å². The van der Waals surface area contributed by atoms with Crippen molar-refractivity contribution in [2.45, 2.75) is 26.3 Å². The van der Waals surface area contributed by atoms with Crippen LogP contribution in [0.3, 0.4) is 0 Å². The number of pyridine rings is 1. The highest BCUT2D eigenvalue weighted by atomic mass is 16.1. The number of aromatic nitrogens is 3. The molecule has 0 bridgehead atoms. The number of rotatable bonds is 5. The molecule has 1 N–H and O–H groups in total. The van der Waals surface area contributed by atoms with E-state index in [2.05, 4.69) is 15.4 Å². The largest absolute Gasteiger partial charge is 0.344 e. The lowest BCUT2D eigenvalue weighted by atomic mass is 10.1. The fraction of sp³-hybridized carbons (Fsp3) is 0.250. The Kier molecular flexibility index (Phi) is 4.93. The number of nitrogens with one attached hydrogen (secondary N) is 1. The van der Waals surface area contributed by atoms with Crippen molar-refractivity contribution < 1.29 is 4.79 Å². The molecule has 0 aliphatic rings. The number of carbonyl (C=O) groups excluding carboxylic acids is 1. The molecule has 2 aromatic heterocycles. The average molecular weight is 334 g/mol. The second-order valence-corrected chi connectivity index (χ2v) is 6.12. The van der Waals surface area contributed by atoms with Gasteiger partial charge in [0.2, 0.25) is 0 Å². The zero-order valence-electron chi connectivity index (χ0n) is 14.7. The molecule has 3 rings (SSSR count). The maximum absolute atomic E-state index is 12.7. The van der Waals surface area contributed by atoms with Crippen LogP contribution in [0.1, 0.15) is 41.0 Å². The minimum Gasteiger partial charge on any atom is -0.344 e. The number of nitrogens with zero attached hydrogens (tertiary/aromatic N) is 3. The van der Waals surface area contributed by atoms with Gasteiger partial charge >= 0.3 is 0 Å². The first-order valence-corrected chi connectivity index (χ1v) is 8.40. The summed E-state index contributed by atoms with van der Waals surface area (Å²) < 4.78 is 1.79. The van der Waals surface area contributed by atoms with Crippen molar-refractivity contribution in [1.82, 2.24) is 20.1 Å². The summed E-state index contributed by atoms with van der Waals surface area (Å²) in [6.07, 6.45) is 4.37. The van der Waals surface area contributed by atoms with Crippen LogP contribution in [-0.4, -0.2) is 20.7 Å². The second-order valence-electron chi connectivity index (χ2n) is 6.12. The molecule has 1 atom stereocenters. The van der Waals surface area contributed by atoms with E-state index in [0.29, 0.717) is 5.56 Å². The van der Waals surface area contributed by atoms with Crippen LogP contribution in [0.5, 0.6) is 0 Å². The van der Waals surface area contributed by atoms with E-state index in [1.165, 1.54) is 0 Å². The summed E-state index contributed by atoms with van der Waals surface area (Å²) in [6, 6.07) is 13.4. The van der Waals surface area contributed by atoms with E-state index in [4.69, 9.17) is 0 Å². The van der Waals surface area contributed by atoms with Crippen molar-refractivity contribution in [2.24, 2.45) is 7.05 Å². The molecule has 0 aliphatic heterocycles. The number of benzene rings is 1. The number of aryl methyl sites for hydroxylation is 2. The molecule has 128 valence electrons. The summed E-state index contributed by atoms with van der Waals surface area (Å²) >= 11 is 0. The maximum Gasteiger partial charge on any atom is 0.251 e. The first-order valence-electron chi connectivity index (χ1n) is 8.40. The molecule has 3 aromatic rings. The molecule has 0 fully saturated rings. The van der Waals surface area contributed by atoms with Crippen molar-refractivity contribution >= 4 is 5.91 Å². The van der Waals surface area contributed by atoms with Gasteiger partial charge in [-0.1, -0.05) is 25.1 Å². The second kappa shape index (κ2) is 7.30. The van der Waals surface area contributed by atoms with Crippen LogP contribution in [0, 0.1) is 6.92 Å². The van der Waals surface area contributed by atoms with Crippen molar-refractivity contribution in [3.63, 3.8) is 0 Å². The lowest BCUT2D eigenvalue weighted by Gasteiger charge is -2.17. The summed E-state index contributed by atoms with van der Waals surface area (Å²) in [5.41, 5.74) is 4.52.